The summed E-state index contributed by atoms with van der Waals surface area (Å²) in [5.41, 5.74) is 8.41. The second-order valence-corrected chi connectivity index (χ2v) is 4.46. The molecular formula is C13H18N4O. The molecule has 0 aliphatic rings. The van der Waals surface area contributed by atoms with Gasteiger partial charge in [-0.1, -0.05) is 6.07 Å². The number of amides is 1. The number of hydrogen-bond donors (Lipinski definition) is 2. The first-order valence-corrected chi connectivity index (χ1v) is 5.99. The van der Waals surface area contributed by atoms with Gasteiger partial charge in [0.25, 0.3) is 0 Å². The van der Waals surface area contributed by atoms with Gasteiger partial charge in [-0.15, -0.1) is 0 Å². The van der Waals surface area contributed by atoms with Gasteiger partial charge in [-0.25, -0.2) is 4.98 Å². The lowest BCUT2D eigenvalue weighted by atomic mass is 10.2. The predicted octanol–water partition coefficient (Wildman–Crippen LogP) is 1.18. The zero-order valence-electron chi connectivity index (χ0n) is 10.7. The van der Waals surface area contributed by atoms with Crippen LogP contribution in [-0.4, -0.2) is 34.4 Å². The van der Waals surface area contributed by atoms with E-state index < -0.39 is 0 Å². The van der Waals surface area contributed by atoms with Crippen LogP contribution in [0.3, 0.4) is 0 Å². The Bertz CT molecular complexity index is 561. The monoisotopic (exact) mass is 246 g/mol. The Labute approximate surface area is 106 Å². The molecule has 0 saturated carbocycles. The smallest absolute Gasteiger partial charge is 0.223 e. The van der Waals surface area contributed by atoms with Crippen LogP contribution in [0.5, 0.6) is 0 Å². The Hall–Kier alpha value is -1.88. The lowest BCUT2D eigenvalue weighted by Crippen LogP contribution is -2.27. The Morgan fingerprint density at radius 1 is 1.50 bits per heavy atom. The molecule has 0 unspecified atom stereocenters. The van der Waals surface area contributed by atoms with Crippen molar-refractivity contribution < 1.29 is 4.79 Å². The first kappa shape index (κ1) is 12.6. The van der Waals surface area contributed by atoms with Crippen molar-refractivity contribution in [2.24, 2.45) is 5.73 Å². The van der Waals surface area contributed by atoms with Crippen LogP contribution >= 0.6 is 0 Å². The van der Waals surface area contributed by atoms with E-state index in [0.717, 1.165) is 22.4 Å². The van der Waals surface area contributed by atoms with Gasteiger partial charge in [0.05, 0.1) is 11.0 Å². The van der Waals surface area contributed by atoms with E-state index in [2.05, 4.69) is 9.97 Å². The highest BCUT2D eigenvalue weighted by Crippen LogP contribution is 2.14. The lowest BCUT2D eigenvalue weighted by molar-refractivity contribution is -0.130. The number of H-pyrrole nitrogens is 1. The van der Waals surface area contributed by atoms with E-state index in [1.54, 1.807) is 11.9 Å². The molecule has 1 aromatic heterocycles. The maximum atomic E-state index is 11.6. The number of carbonyl (C=O) groups excluding carboxylic acids is 1. The summed E-state index contributed by atoms with van der Waals surface area (Å²) in [6.07, 6.45) is 0.391. The Morgan fingerprint density at radius 3 is 3.00 bits per heavy atom. The van der Waals surface area contributed by atoms with Crippen molar-refractivity contribution in [3.8, 4) is 0 Å². The highest BCUT2D eigenvalue weighted by atomic mass is 16.2. The number of fused-ring (bicyclic) bond motifs is 1. The third-order valence-corrected chi connectivity index (χ3v) is 2.87. The molecule has 1 heterocycles. The SMILES string of the molecule is Cc1nc2ccc(CN(C)C(=O)CCN)cc2[nH]1. The Balaban J connectivity index is 2.13. The van der Waals surface area contributed by atoms with Crippen molar-refractivity contribution in [2.45, 2.75) is 19.9 Å². The maximum Gasteiger partial charge on any atom is 0.223 e. The standard InChI is InChI=1S/C13H18N4O/c1-9-15-11-4-3-10(7-12(11)16-9)8-17(2)13(18)5-6-14/h3-4,7H,5-6,8,14H2,1-2H3,(H,15,16). The van der Waals surface area contributed by atoms with Gasteiger partial charge < -0.3 is 15.6 Å². The van der Waals surface area contributed by atoms with Crippen molar-refractivity contribution in [1.82, 2.24) is 14.9 Å². The first-order valence-electron chi connectivity index (χ1n) is 5.99. The molecule has 1 amide bonds. The van der Waals surface area contributed by atoms with Gasteiger partial charge >= 0.3 is 0 Å². The normalized spacial score (nSPS) is 10.8. The maximum absolute atomic E-state index is 11.6. The van der Waals surface area contributed by atoms with Crippen molar-refractivity contribution in [1.29, 1.82) is 0 Å². The van der Waals surface area contributed by atoms with Gasteiger partial charge in [-0.2, -0.15) is 0 Å². The predicted molar refractivity (Wildman–Crippen MR) is 71.0 cm³/mol. The van der Waals surface area contributed by atoms with Crippen LogP contribution in [0.2, 0.25) is 0 Å². The molecule has 1 aromatic carbocycles. The minimum atomic E-state index is 0.0680. The number of nitrogens with two attached hydrogens (primary N) is 1. The topological polar surface area (TPSA) is 75.0 Å². The molecule has 0 aliphatic carbocycles. The number of hydrogen-bond acceptors (Lipinski definition) is 3. The summed E-state index contributed by atoms with van der Waals surface area (Å²) in [7, 11) is 1.79. The summed E-state index contributed by atoms with van der Waals surface area (Å²) in [5, 5.41) is 0. The summed E-state index contributed by atoms with van der Waals surface area (Å²) in [4.78, 5) is 20.9. The average Bonchev–Trinajstić information content (AvgIpc) is 2.68. The fraction of sp³-hybridized carbons (Fsp3) is 0.385. The third-order valence-electron chi connectivity index (χ3n) is 2.87. The van der Waals surface area contributed by atoms with E-state index in [1.807, 2.05) is 25.1 Å². The van der Waals surface area contributed by atoms with Gasteiger partial charge in [0.15, 0.2) is 0 Å². The lowest BCUT2D eigenvalue weighted by Gasteiger charge is -2.16. The average molecular weight is 246 g/mol. The van der Waals surface area contributed by atoms with Gasteiger partial charge in [-0.05, 0) is 24.6 Å². The van der Waals surface area contributed by atoms with E-state index in [0.29, 0.717) is 19.5 Å². The Kier molecular flexibility index (Phi) is 3.62. The summed E-state index contributed by atoms with van der Waals surface area (Å²) >= 11 is 0. The minimum absolute atomic E-state index is 0.0680. The van der Waals surface area contributed by atoms with Crippen molar-refractivity contribution in [3.05, 3.63) is 29.6 Å². The second kappa shape index (κ2) is 5.18. The van der Waals surface area contributed by atoms with E-state index in [1.165, 1.54) is 0 Å². The number of rotatable bonds is 4. The first-order chi connectivity index (χ1) is 8.60. The number of aryl methyl sites for hydroxylation is 1. The highest BCUT2D eigenvalue weighted by molar-refractivity contribution is 5.77. The van der Waals surface area contributed by atoms with Crippen molar-refractivity contribution in [2.75, 3.05) is 13.6 Å². The fourth-order valence-corrected chi connectivity index (χ4v) is 1.96. The second-order valence-electron chi connectivity index (χ2n) is 4.46. The van der Waals surface area contributed by atoms with Crippen molar-refractivity contribution >= 4 is 16.9 Å². The summed E-state index contributed by atoms with van der Waals surface area (Å²) in [6.45, 7) is 2.91. The van der Waals surface area contributed by atoms with Crippen LogP contribution in [0.4, 0.5) is 0 Å². The molecule has 0 spiro atoms. The number of benzene rings is 1. The molecule has 18 heavy (non-hydrogen) atoms. The van der Waals surface area contributed by atoms with Crippen molar-refractivity contribution in [3.63, 3.8) is 0 Å². The number of nitrogens with zero attached hydrogens (tertiary/aromatic N) is 2. The van der Waals surface area contributed by atoms with Crippen LogP contribution in [0.1, 0.15) is 17.8 Å². The number of carbonyl (C=O) groups is 1. The molecule has 0 saturated heterocycles. The van der Waals surface area contributed by atoms with Crippen LogP contribution in [0, 0.1) is 6.92 Å². The molecule has 5 heteroatoms. The quantitative estimate of drug-likeness (QED) is 0.850. The van der Waals surface area contributed by atoms with Crippen LogP contribution in [-0.2, 0) is 11.3 Å². The molecule has 2 aromatic rings. The van der Waals surface area contributed by atoms with Crippen LogP contribution < -0.4 is 5.73 Å². The molecule has 0 radical (unpaired) electrons. The number of nitrogens with one attached hydrogen (secondary N) is 1. The number of aromatic nitrogens is 2. The highest BCUT2D eigenvalue weighted by Gasteiger charge is 2.09. The molecule has 0 fully saturated rings. The van der Waals surface area contributed by atoms with E-state index in [9.17, 15) is 4.79 Å². The molecule has 0 bridgehead atoms. The number of aromatic amines is 1. The summed E-state index contributed by atoms with van der Waals surface area (Å²) < 4.78 is 0. The zero-order chi connectivity index (χ0) is 13.1. The van der Waals surface area contributed by atoms with Gasteiger partial charge in [0.2, 0.25) is 5.91 Å². The van der Waals surface area contributed by atoms with Gasteiger partial charge in [-0.3, -0.25) is 4.79 Å². The van der Waals surface area contributed by atoms with Gasteiger partial charge in [0.1, 0.15) is 5.82 Å². The molecule has 2 rings (SSSR count). The fourth-order valence-electron chi connectivity index (χ4n) is 1.96. The summed E-state index contributed by atoms with van der Waals surface area (Å²) in [5.74, 6) is 0.966. The molecule has 0 atom stereocenters. The van der Waals surface area contributed by atoms with E-state index in [4.69, 9.17) is 5.73 Å². The molecule has 3 N–H and O–H groups in total. The molecule has 0 aliphatic heterocycles. The largest absolute Gasteiger partial charge is 0.342 e. The number of imidazole rings is 1. The van der Waals surface area contributed by atoms with Gasteiger partial charge in [0, 0.05) is 26.6 Å². The van der Waals surface area contributed by atoms with E-state index >= 15 is 0 Å². The van der Waals surface area contributed by atoms with E-state index in [-0.39, 0.29) is 5.91 Å². The summed E-state index contributed by atoms with van der Waals surface area (Å²) in [6, 6.07) is 5.99. The van der Waals surface area contributed by atoms with Crippen LogP contribution in [0.15, 0.2) is 18.2 Å². The minimum Gasteiger partial charge on any atom is -0.342 e. The third kappa shape index (κ3) is 2.68. The molecule has 5 nitrogen and oxygen atoms in total. The van der Waals surface area contributed by atoms with Crippen LogP contribution in [0.25, 0.3) is 11.0 Å². The Morgan fingerprint density at radius 2 is 2.28 bits per heavy atom. The molecule has 96 valence electrons. The zero-order valence-corrected chi connectivity index (χ0v) is 10.7. The molecular weight excluding hydrogens is 228 g/mol.